The van der Waals surface area contributed by atoms with Crippen LogP contribution in [0.25, 0.3) is 0 Å². The van der Waals surface area contributed by atoms with Crippen LogP contribution >= 0.6 is 143 Å². The number of nitrogens with one attached hydrogen (secondary N) is 2. The normalized spacial score (nSPS) is 20.4. The molecule has 0 saturated carbocycles. The van der Waals surface area contributed by atoms with Gasteiger partial charge in [0.2, 0.25) is 11.8 Å². The van der Waals surface area contributed by atoms with Crippen LogP contribution in [0.15, 0.2) is 0 Å². The van der Waals surface area contributed by atoms with Crippen molar-refractivity contribution < 1.29 is 106 Å². The Labute approximate surface area is 811 Å². The number of unbranched alkanes of at least 4 members (excludes halogenated alkanes) is 46. The number of halogens is 6. The Bertz CT molecular complexity index is 2590. The van der Waals surface area contributed by atoms with Gasteiger partial charge in [0.25, 0.3) is 0 Å². The van der Waals surface area contributed by atoms with Crippen molar-refractivity contribution in [2.24, 2.45) is 0 Å². The third kappa shape index (κ3) is 64.5. The Kier molecular flexibility index (Phi) is 78.7. The van der Waals surface area contributed by atoms with Crippen LogP contribution in [0.2, 0.25) is 0 Å². The molecular weight excluding hydrogens is 2250 g/mol. The average molecular weight is 2420 g/mol. The van der Waals surface area contributed by atoms with E-state index in [0.29, 0.717) is 51.4 Å². The fourth-order valence-electron chi connectivity index (χ4n) is 15.8. The van der Waals surface area contributed by atoms with Gasteiger partial charge in [-0.2, -0.15) is 0 Å². The summed E-state index contributed by atoms with van der Waals surface area (Å²) >= 11 is 14.4. The molecule has 2 aliphatic rings. The van der Waals surface area contributed by atoms with Gasteiger partial charge in [-0.15, -0.1) is 0 Å². The molecule has 24 nitrogen and oxygen atoms in total. The molecule has 10 unspecified atom stereocenters. The predicted octanol–water partition coefficient (Wildman–Crippen LogP) is 21.4. The van der Waals surface area contributed by atoms with Crippen LogP contribution in [0.4, 0.5) is 0 Å². The number of aliphatic hydroxyl groups excluding tert-OH is 5. The third-order valence-corrected chi connectivity index (χ3v) is 27.9. The second-order valence-corrected chi connectivity index (χ2v) is 41.5. The molecule has 0 aromatic heterocycles. The van der Waals surface area contributed by atoms with Gasteiger partial charge in [-0.1, -0.05) is 405 Å². The summed E-state index contributed by atoms with van der Waals surface area (Å²) in [7, 11) is -5.62. The zero-order valence-corrected chi connectivity index (χ0v) is 87.4. The number of carbonyl (C=O) groups excluding carboxylic acids is 6. The number of carbonyl (C=O) groups is 6. The Morgan fingerprint density at radius 2 is 0.653 bits per heavy atom. The van der Waals surface area contributed by atoms with Crippen LogP contribution in [-0.2, 0) is 71.0 Å². The summed E-state index contributed by atoms with van der Waals surface area (Å²) in [5.74, 6) is -4.56. The van der Waals surface area contributed by atoms with Gasteiger partial charge >= 0.3 is 31.7 Å². The van der Waals surface area contributed by atoms with Gasteiger partial charge in [-0.25, -0.2) is 4.57 Å². The summed E-state index contributed by atoms with van der Waals surface area (Å²) in [4.78, 5) is 107. The molecule has 0 aromatic carbocycles. The number of aliphatic hydroxyl groups is 5. The summed E-state index contributed by atoms with van der Waals surface area (Å²) in [6.07, 6.45) is 33.4. The number of amides is 2. The molecule has 0 bridgehead atoms. The summed E-state index contributed by atoms with van der Waals surface area (Å²) < 4.78 is 68.7. The number of phosphoric ester groups is 1. The number of hydrogen-bond donors (Lipinski definition) is 9. The molecule has 2 aliphatic heterocycles. The van der Waals surface area contributed by atoms with Crippen LogP contribution in [0, 0.1) is 0 Å². The van der Waals surface area contributed by atoms with Crippen LogP contribution in [0.3, 0.4) is 0 Å². The Morgan fingerprint density at radius 1 is 0.347 bits per heavy atom. The van der Waals surface area contributed by atoms with Crippen molar-refractivity contribution in [1.82, 2.24) is 10.6 Å². The zero-order valence-electron chi connectivity index (χ0n) is 73.5. The van der Waals surface area contributed by atoms with E-state index in [9.17, 15) is 63.9 Å². The van der Waals surface area contributed by atoms with Crippen molar-refractivity contribution in [2.45, 2.75) is 484 Å². The Hall–Kier alpha value is 0.990. The first-order valence-corrected chi connectivity index (χ1v) is 58.0. The van der Waals surface area contributed by atoms with Crippen LogP contribution < -0.4 is 10.6 Å². The molecule has 0 aromatic rings. The first kappa shape index (κ1) is 118. The van der Waals surface area contributed by atoms with E-state index < -0.39 is 168 Å². The monoisotopic (exact) mass is 2420 g/mol. The summed E-state index contributed by atoms with van der Waals surface area (Å²) in [6, 6.07) is -3.47. The second kappa shape index (κ2) is 80.6. The molecule has 31 heteroatoms. The second-order valence-electron chi connectivity index (χ2n) is 33.8. The Morgan fingerprint density at radius 3 is 1.02 bits per heavy atom. The van der Waals surface area contributed by atoms with E-state index in [1.165, 1.54) is 105 Å². The van der Waals surface area contributed by atoms with Crippen molar-refractivity contribution in [2.75, 3.05) is 39.8 Å². The number of rotatable bonds is 84. The van der Waals surface area contributed by atoms with Gasteiger partial charge < -0.3 is 79.1 Å². The number of phosphoric acid groups is 1. The lowest BCUT2D eigenvalue weighted by Gasteiger charge is -2.46. The highest BCUT2D eigenvalue weighted by molar-refractivity contribution is 14.1. The largest absolute Gasteiger partial charge is 0.470 e. The molecule has 2 saturated heterocycles. The maximum atomic E-state index is 15.1. The molecule has 0 radical (unpaired) electrons. The predicted molar refractivity (Wildman–Crippen MR) is 530 cm³/mol. The van der Waals surface area contributed by atoms with E-state index in [1.54, 1.807) is 0 Å². The molecule has 2 amide bonds. The molecule has 2 rings (SSSR count). The van der Waals surface area contributed by atoms with E-state index in [4.69, 9.17) is 37.7 Å². The number of alkyl halides is 6. The first-order valence-electron chi connectivity index (χ1n) is 47.4. The third-order valence-electron chi connectivity index (χ3n) is 22.8. The fraction of sp³-hybridized carbons (Fsp3) is 0.933. The minimum absolute atomic E-state index is 0.109. The SMILES string of the molecule is O=C(C[C@H](O)CCCCCCCCCCI)NC1C(O)OC(COC2OC(CO)C(OP(=O)(O)O)C(OC(=O)C[C@@H](CCCCCCCCCCI)OC(=O)CCCCCCCCCCCCI)C2NC(=O)C[C@@H](CCCCCCCCCCI)OC(=O)CCCCCCCCCCCCI)C(O)C1OC(=O)C[C@H](O)CCCCCCCCCCI. The molecule has 2 fully saturated rings. The molecule has 121 heavy (non-hydrogen) atoms. The van der Waals surface area contributed by atoms with E-state index in [1.807, 2.05) is 0 Å². The van der Waals surface area contributed by atoms with Crippen molar-refractivity contribution in [1.29, 1.82) is 0 Å². The van der Waals surface area contributed by atoms with Crippen LogP contribution in [0.1, 0.15) is 398 Å². The molecule has 2 heterocycles. The minimum atomic E-state index is -5.62. The maximum absolute atomic E-state index is 15.1. The highest BCUT2D eigenvalue weighted by Crippen LogP contribution is 2.43. The van der Waals surface area contributed by atoms with Crippen molar-refractivity contribution in [3.8, 4) is 0 Å². The van der Waals surface area contributed by atoms with Crippen molar-refractivity contribution >= 4 is 179 Å². The number of esters is 4. The lowest BCUT2D eigenvalue weighted by molar-refractivity contribution is -0.298. The van der Waals surface area contributed by atoms with E-state index >= 15 is 4.79 Å². The standard InChI is InChI=1S/C90H163I6N2O22P/c91-59-47-35-23-11-3-1-5-21-33-45-57-79(104)114-73(55-43-31-19-9-15-27-39-51-63-95)67-78(103)98-84-88(119-82(107)68-74(56-44-32-20-10-16-28-40-52-64-96)115-80(105)58-46-34-22-6-2-4-12-24-36-48-60-92)86(120-121(110,111)112)75(69-99)117-90(84)113-70-76-85(108)87(118-81(106)66-72(101)54-42-30-18-8-14-26-38-50-62-94)83(89(109)116-76)97-77(102)65-71(100)53-41-29-17-7-13-25-37-49-61-93/h71-76,83-90,99-101,108-109H,1-70H2,(H,97,102)(H,98,103)(H2,110,111,112)/t71-,72-,73-,74-,75?,76?,83?,84?,85?,86?,87?,88?,89?,90?/m1/s1. The lowest BCUT2D eigenvalue weighted by Crippen LogP contribution is -2.68. The van der Waals surface area contributed by atoms with Crippen molar-refractivity contribution in [3.63, 3.8) is 0 Å². The molecular formula is C90H163I6N2O22P. The summed E-state index contributed by atoms with van der Waals surface area (Å²) in [5.41, 5.74) is 0. The van der Waals surface area contributed by atoms with E-state index in [2.05, 4.69) is 146 Å². The van der Waals surface area contributed by atoms with Gasteiger partial charge in [0.15, 0.2) is 24.8 Å². The smallest absolute Gasteiger partial charge is 0.462 e. The summed E-state index contributed by atoms with van der Waals surface area (Å²) in [6.45, 7) is -1.87. The molecule has 0 aliphatic carbocycles. The van der Waals surface area contributed by atoms with Gasteiger partial charge in [0.1, 0.15) is 48.7 Å². The zero-order chi connectivity index (χ0) is 88.6. The number of hydrogen-bond acceptors (Lipinski definition) is 20. The molecule has 14 atom stereocenters. The highest BCUT2D eigenvalue weighted by atomic mass is 127. The van der Waals surface area contributed by atoms with E-state index in [0.717, 1.165) is 217 Å². The van der Waals surface area contributed by atoms with Gasteiger partial charge in [-0.05, 0) is 116 Å². The van der Waals surface area contributed by atoms with Crippen LogP contribution in [-0.4, -0.2) is 196 Å². The van der Waals surface area contributed by atoms with Gasteiger partial charge in [-0.3, -0.25) is 33.3 Å². The van der Waals surface area contributed by atoms with Crippen LogP contribution in [0.5, 0.6) is 0 Å². The van der Waals surface area contributed by atoms with Crippen molar-refractivity contribution in [3.05, 3.63) is 0 Å². The topological polar surface area (TPSA) is 359 Å². The highest BCUT2D eigenvalue weighted by Gasteiger charge is 2.54. The molecule has 712 valence electrons. The summed E-state index contributed by atoms with van der Waals surface area (Å²) in [5, 5.41) is 63.3. The fourth-order valence-corrected chi connectivity index (χ4v) is 19.6. The lowest BCUT2D eigenvalue weighted by atomic mass is 9.95. The van der Waals surface area contributed by atoms with E-state index in [-0.39, 0.29) is 25.7 Å². The maximum Gasteiger partial charge on any atom is 0.470 e. The number of ether oxygens (including phenoxy) is 7. The van der Waals surface area contributed by atoms with Gasteiger partial charge in [0.05, 0.1) is 51.1 Å². The molecule has 0 spiro atoms. The average Bonchev–Trinajstić information content (AvgIpc) is 0.785. The Balaban J connectivity index is 2.73. The first-order chi connectivity index (χ1) is 58.6. The molecule has 9 N–H and O–H groups in total. The minimum Gasteiger partial charge on any atom is -0.462 e. The van der Waals surface area contributed by atoms with Gasteiger partial charge in [0, 0.05) is 12.8 Å². The quantitative estimate of drug-likeness (QED) is 0.00682.